The largest absolute Gasteiger partial charge is 0.396 e. The highest BCUT2D eigenvalue weighted by molar-refractivity contribution is 5.46. The van der Waals surface area contributed by atoms with E-state index in [0.717, 1.165) is 32.1 Å². The third-order valence-corrected chi connectivity index (χ3v) is 3.99. The first kappa shape index (κ1) is 16.0. The molecule has 1 aromatic heterocycles. The normalized spacial score (nSPS) is 17.8. The van der Waals surface area contributed by atoms with E-state index >= 15 is 0 Å². The zero-order valence-electron chi connectivity index (χ0n) is 11.5. The minimum absolute atomic E-state index is 0.115. The number of aliphatic hydroxyl groups excluding tert-OH is 1. The highest BCUT2D eigenvalue weighted by Crippen LogP contribution is 2.31. The van der Waals surface area contributed by atoms with E-state index in [4.69, 9.17) is 5.11 Å². The molecule has 1 unspecified atom stereocenters. The van der Waals surface area contributed by atoms with Gasteiger partial charge >= 0.3 is 0 Å². The molecule has 2 rings (SSSR count). The molecule has 1 saturated carbocycles. The minimum atomic E-state index is -1.68. The Balaban J connectivity index is 2.24. The van der Waals surface area contributed by atoms with Crippen molar-refractivity contribution in [3.8, 4) is 0 Å². The first-order chi connectivity index (χ1) is 10.0. The fourth-order valence-electron chi connectivity index (χ4n) is 2.90. The minimum Gasteiger partial charge on any atom is -0.396 e. The van der Waals surface area contributed by atoms with Crippen LogP contribution in [0.15, 0.2) is 0 Å². The molecule has 1 aliphatic carbocycles. The van der Waals surface area contributed by atoms with Gasteiger partial charge in [0.1, 0.15) is 5.69 Å². The van der Waals surface area contributed by atoms with Crippen molar-refractivity contribution >= 4 is 5.69 Å². The lowest BCUT2D eigenvalue weighted by Gasteiger charge is -2.31. The molecule has 0 bridgehead atoms. The predicted molar refractivity (Wildman–Crippen MR) is 69.8 cm³/mol. The summed E-state index contributed by atoms with van der Waals surface area (Å²) in [5.41, 5.74) is -0.843. The number of nitrogens with one attached hydrogen (secondary N) is 1. The Morgan fingerprint density at radius 2 is 1.62 bits per heavy atom. The highest BCUT2D eigenvalue weighted by Gasteiger charge is 2.27. The van der Waals surface area contributed by atoms with Crippen LogP contribution >= 0.6 is 0 Å². The van der Waals surface area contributed by atoms with Crippen molar-refractivity contribution in [2.75, 3.05) is 11.9 Å². The van der Waals surface area contributed by atoms with Crippen LogP contribution in [-0.2, 0) is 0 Å². The van der Waals surface area contributed by atoms with Crippen molar-refractivity contribution in [3.05, 3.63) is 23.5 Å². The third kappa shape index (κ3) is 3.64. The van der Waals surface area contributed by atoms with Gasteiger partial charge in [-0.2, -0.15) is 22.5 Å². The van der Waals surface area contributed by atoms with Crippen molar-refractivity contribution < 1.29 is 22.7 Å². The first-order valence-electron chi connectivity index (χ1n) is 7.12. The van der Waals surface area contributed by atoms with Gasteiger partial charge in [-0.3, -0.25) is 0 Å². The Morgan fingerprint density at radius 1 is 1.05 bits per heavy atom. The van der Waals surface area contributed by atoms with Gasteiger partial charge in [0.2, 0.25) is 11.6 Å². The van der Waals surface area contributed by atoms with Crippen LogP contribution in [-0.4, -0.2) is 22.7 Å². The smallest absolute Gasteiger partial charge is 0.253 e. The fourth-order valence-corrected chi connectivity index (χ4v) is 2.90. The second kappa shape index (κ2) is 7.06. The molecule has 1 aliphatic rings. The standard InChI is InChI=1S/C14H18F4N2O/c15-10-12(11(16)14(18)20-13(10)17)19-9(6-7-21)8-4-2-1-3-5-8/h8-9,21H,1-7H2,(H,19,20). The molecule has 0 saturated heterocycles. The number of hydrogen-bond donors (Lipinski definition) is 2. The van der Waals surface area contributed by atoms with Gasteiger partial charge in [0, 0.05) is 12.6 Å². The van der Waals surface area contributed by atoms with Crippen LogP contribution in [0, 0.1) is 29.4 Å². The van der Waals surface area contributed by atoms with Gasteiger partial charge in [-0.15, -0.1) is 0 Å². The predicted octanol–water partition coefficient (Wildman–Crippen LogP) is 3.38. The van der Waals surface area contributed by atoms with E-state index in [1.54, 1.807) is 0 Å². The summed E-state index contributed by atoms with van der Waals surface area (Å²) in [6, 6.07) is -0.430. The summed E-state index contributed by atoms with van der Waals surface area (Å²) in [7, 11) is 0. The van der Waals surface area contributed by atoms with Crippen LogP contribution in [0.25, 0.3) is 0 Å². The summed E-state index contributed by atoms with van der Waals surface area (Å²) in [5, 5.41) is 11.6. The van der Waals surface area contributed by atoms with E-state index in [2.05, 4.69) is 10.3 Å². The van der Waals surface area contributed by atoms with Crippen LogP contribution in [0.2, 0.25) is 0 Å². The molecule has 0 amide bonds. The maximum atomic E-state index is 13.6. The monoisotopic (exact) mass is 306 g/mol. The molecule has 1 fully saturated rings. The van der Waals surface area contributed by atoms with Gasteiger partial charge in [0.15, 0.2) is 0 Å². The van der Waals surface area contributed by atoms with Crippen molar-refractivity contribution in [2.45, 2.75) is 44.6 Å². The first-order valence-corrected chi connectivity index (χ1v) is 7.12. The maximum Gasteiger partial charge on any atom is 0.253 e. The van der Waals surface area contributed by atoms with Crippen LogP contribution in [0.3, 0.4) is 0 Å². The van der Waals surface area contributed by atoms with Gasteiger partial charge < -0.3 is 10.4 Å². The molecule has 2 N–H and O–H groups in total. The number of anilines is 1. The van der Waals surface area contributed by atoms with Gasteiger partial charge in [-0.25, -0.2) is 0 Å². The molecular weight excluding hydrogens is 288 g/mol. The number of aliphatic hydroxyl groups is 1. The summed E-state index contributed by atoms with van der Waals surface area (Å²) in [6.45, 7) is -0.173. The van der Waals surface area contributed by atoms with E-state index in [-0.39, 0.29) is 18.9 Å². The van der Waals surface area contributed by atoms with Crippen LogP contribution < -0.4 is 5.32 Å². The third-order valence-electron chi connectivity index (χ3n) is 3.99. The van der Waals surface area contributed by atoms with E-state index in [9.17, 15) is 17.6 Å². The Hall–Kier alpha value is -1.37. The summed E-state index contributed by atoms with van der Waals surface area (Å²) in [5.74, 6) is -6.31. The Labute approximate surface area is 120 Å². The summed E-state index contributed by atoms with van der Waals surface area (Å²) in [4.78, 5) is 2.53. The lowest BCUT2D eigenvalue weighted by Crippen LogP contribution is -2.32. The van der Waals surface area contributed by atoms with Crippen LogP contribution in [0.1, 0.15) is 38.5 Å². The summed E-state index contributed by atoms with van der Waals surface area (Å²) >= 11 is 0. The number of hydrogen-bond acceptors (Lipinski definition) is 3. The van der Waals surface area contributed by atoms with Crippen LogP contribution in [0.5, 0.6) is 0 Å². The number of nitrogens with zero attached hydrogens (tertiary/aromatic N) is 1. The Bertz CT molecular complexity index is 466. The molecule has 0 aliphatic heterocycles. The molecule has 1 heterocycles. The van der Waals surface area contributed by atoms with Gasteiger partial charge in [0.05, 0.1) is 0 Å². The second-order valence-electron chi connectivity index (χ2n) is 5.36. The van der Waals surface area contributed by atoms with E-state index in [1.807, 2.05) is 0 Å². The average Bonchev–Trinajstić information content (AvgIpc) is 2.49. The molecule has 0 aromatic carbocycles. The number of pyridine rings is 1. The number of halogens is 4. The summed E-state index contributed by atoms with van der Waals surface area (Å²) < 4.78 is 53.5. The molecule has 21 heavy (non-hydrogen) atoms. The molecule has 3 nitrogen and oxygen atoms in total. The van der Waals surface area contributed by atoms with Crippen molar-refractivity contribution in [1.29, 1.82) is 0 Å². The molecular formula is C14H18F4N2O. The van der Waals surface area contributed by atoms with Crippen molar-refractivity contribution in [1.82, 2.24) is 4.98 Å². The second-order valence-corrected chi connectivity index (χ2v) is 5.36. The van der Waals surface area contributed by atoms with Gasteiger partial charge in [-0.1, -0.05) is 19.3 Å². The highest BCUT2D eigenvalue weighted by atomic mass is 19.2. The van der Waals surface area contributed by atoms with Gasteiger partial charge in [0.25, 0.3) is 11.9 Å². The lowest BCUT2D eigenvalue weighted by molar-refractivity contribution is 0.238. The van der Waals surface area contributed by atoms with E-state index in [0.29, 0.717) is 0 Å². The average molecular weight is 306 g/mol. The Kier molecular flexibility index (Phi) is 5.39. The zero-order valence-corrected chi connectivity index (χ0v) is 11.5. The number of rotatable bonds is 5. The molecule has 0 spiro atoms. The molecule has 0 radical (unpaired) electrons. The molecule has 7 heteroatoms. The topological polar surface area (TPSA) is 45.1 Å². The number of aromatic nitrogens is 1. The Morgan fingerprint density at radius 3 is 2.14 bits per heavy atom. The van der Waals surface area contributed by atoms with E-state index in [1.165, 1.54) is 0 Å². The van der Waals surface area contributed by atoms with Crippen LogP contribution in [0.4, 0.5) is 23.2 Å². The SMILES string of the molecule is OCCC(Nc1c(F)c(F)nc(F)c1F)C1CCCCC1. The molecule has 1 aromatic rings. The lowest BCUT2D eigenvalue weighted by atomic mass is 9.82. The van der Waals surface area contributed by atoms with Crippen molar-refractivity contribution in [2.24, 2.45) is 5.92 Å². The molecule has 1 atom stereocenters. The van der Waals surface area contributed by atoms with Crippen molar-refractivity contribution in [3.63, 3.8) is 0 Å². The maximum absolute atomic E-state index is 13.6. The van der Waals surface area contributed by atoms with E-state index < -0.39 is 35.3 Å². The quantitative estimate of drug-likeness (QED) is 0.647. The zero-order chi connectivity index (χ0) is 15.4. The molecule has 118 valence electrons. The van der Waals surface area contributed by atoms with Gasteiger partial charge in [-0.05, 0) is 25.2 Å². The fraction of sp³-hybridized carbons (Fsp3) is 0.643. The summed E-state index contributed by atoms with van der Waals surface area (Å²) in [6.07, 6.45) is 5.07.